The van der Waals surface area contributed by atoms with Crippen molar-refractivity contribution in [2.24, 2.45) is 0 Å². The normalized spacial score (nSPS) is 20.5. The van der Waals surface area contributed by atoms with E-state index < -0.39 is 64.8 Å². The number of carbonyl (C=O) groups excluding carboxylic acids is 1. The van der Waals surface area contributed by atoms with Gasteiger partial charge in [-0.25, -0.2) is 31.6 Å². The molecule has 0 amide bonds. The Morgan fingerprint density at radius 1 is 1.08 bits per heavy atom. The number of aryl methyl sites for hydroxylation is 1. The van der Waals surface area contributed by atoms with E-state index in [2.05, 4.69) is 15.0 Å². The number of carbonyl (C=O) groups is 1. The van der Waals surface area contributed by atoms with Crippen molar-refractivity contribution in [3.05, 3.63) is 72.2 Å². The number of benzene rings is 1. The molecule has 1 saturated heterocycles. The van der Waals surface area contributed by atoms with Crippen molar-refractivity contribution >= 4 is 15.8 Å². The lowest BCUT2D eigenvalue weighted by Crippen LogP contribution is -2.41. The van der Waals surface area contributed by atoms with E-state index in [9.17, 15) is 39.6 Å². The zero-order valence-corrected chi connectivity index (χ0v) is 20.3. The molecule has 1 aromatic carbocycles. The maximum absolute atomic E-state index is 14.9. The molecule has 1 aliphatic rings. The number of hydrogen-bond acceptors (Lipinski definition) is 6. The monoisotopic (exact) mass is 558 g/mol. The fourth-order valence-corrected chi connectivity index (χ4v) is 5.77. The summed E-state index contributed by atoms with van der Waals surface area (Å²) in [6.07, 6.45) is -3.47. The van der Waals surface area contributed by atoms with Crippen LogP contribution in [0.15, 0.2) is 59.9 Å². The van der Waals surface area contributed by atoms with Gasteiger partial charge in [0.25, 0.3) is 0 Å². The van der Waals surface area contributed by atoms with Crippen LogP contribution in [0.3, 0.4) is 0 Å². The van der Waals surface area contributed by atoms with Crippen molar-refractivity contribution in [2.45, 2.75) is 42.0 Å². The molecule has 0 bridgehead atoms. The van der Waals surface area contributed by atoms with E-state index in [1.165, 1.54) is 12.1 Å². The molecule has 7 nitrogen and oxygen atoms in total. The first-order chi connectivity index (χ1) is 17.8. The lowest BCUT2D eigenvalue weighted by molar-refractivity contribution is -0.141. The molecule has 202 valence electrons. The SMILES string of the molecule is O=C(CCc1cc(-c2ccc(C(F)(F)F)nc2)ncn1)[C@@H]1C[C@](F)(CF)CN1S(=O)(=O)c1ccc(F)cc1. The second-order valence-electron chi connectivity index (χ2n) is 8.80. The van der Waals surface area contributed by atoms with Crippen molar-refractivity contribution in [3.63, 3.8) is 0 Å². The van der Waals surface area contributed by atoms with Crippen LogP contribution in [-0.4, -0.2) is 58.4 Å². The largest absolute Gasteiger partial charge is 0.433 e. The highest BCUT2D eigenvalue weighted by atomic mass is 32.2. The summed E-state index contributed by atoms with van der Waals surface area (Å²) in [5.41, 5.74) is -2.82. The van der Waals surface area contributed by atoms with Gasteiger partial charge in [0, 0.05) is 30.3 Å². The van der Waals surface area contributed by atoms with Crippen LogP contribution in [0, 0.1) is 5.82 Å². The van der Waals surface area contributed by atoms with Gasteiger partial charge in [0.15, 0.2) is 11.5 Å². The number of nitrogens with zero attached hydrogens (tertiary/aromatic N) is 4. The maximum Gasteiger partial charge on any atom is 0.433 e. The first-order valence-corrected chi connectivity index (χ1v) is 12.7. The highest BCUT2D eigenvalue weighted by Crippen LogP contribution is 2.36. The summed E-state index contributed by atoms with van der Waals surface area (Å²) in [6.45, 7) is -2.37. The highest BCUT2D eigenvalue weighted by Gasteiger charge is 2.52. The van der Waals surface area contributed by atoms with Crippen LogP contribution in [0.1, 0.15) is 24.2 Å². The van der Waals surface area contributed by atoms with Crippen LogP contribution < -0.4 is 0 Å². The van der Waals surface area contributed by atoms with Crippen molar-refractivity contribution in [3.8, 4) is 11.3 Å². The Labute approximate surface area is 213 Å². The number of ketones is 1. The minimum absolute atomic E-state index is 0.0295. The van der Waals surface area contributed by atoms with Crippen LogP contribution in [-0.2, 0) is 27.4 Å². The topological polar surface area (TPSA) is 93.1 Å². The zero-order valence-electron chi connectivity index (χ0n) is 19.5. The average molecular weight is 559 g/mol. The molecule has 0 N–H and O–H groups in total. The zero-order chi connectivity index (χ0) is 27.7. The Kier molecular flexibility index (Phi) is 7.57. The fraction of sp³-hybridized carbons (Fsp3) is 0.333. The molecule has 0 aliphatic carbocycles. The van der Waals surface area contributed by atoms with E-state index in [-0.39, 0.29) is 29.0 Å². The second-order valence-corrected chi connectivity index (χ2v) is 10.7. The van der Waals surface area contributed by atoms with Crippen molar-refractivity contribution < 1.29 is 39.6 Å². The molecular weight excluding hydrogens is 538 g/mol. The number of hydrogen-bond donors (Lipinski definition) is 0. The highest BCUT2D eigenvalue weighted by molar-refractivity contribution is 7.89. The summed E-state index contributed by atoms with van der Waals surface area (Å²) >= 11 is 0. The van der Waals surface area contributed by atoms with Crippen LogP contribution in [0.5, 0.6) is 0 Å². The summed E-state index contributed by atoms with van der Waals surface area (Å²) in [5, 5.41) is 0. The van der Waals surface area contributed by atoms with Gasteiger partial charge in [0.1, 0.15) is 24.5 Å². The molecular formula is C24H20F6N4O3S. The molecule has 14 heteroatoms. The summed E-state index contributed by atoms with van der Waals surface area (Å²) < 4.78 is 107. The van der Waals surface area contributed by atoms with Gasteiger partial charge in [-0.2, -0.15) is 17.5 Å². The molecule has 0 radical (unpaired) electrons. The Bertz CT molecular complexity index is 1420. The lowest BCUT2D eigenvalue weighted by Gasteiger charge is -2.23. The molecule has 38 heavy (non-hydrogen) atoms. The minimum atomic E-state index is -4.60. The first kappa shape index (κ1) is 27.6. The smallest absolute Gasteiger partial charge is 0.298 e. The van der Waals surface area contributed by atoms with Crippen molar-refractivity contribution in [1.82, 2.24) is 19.3 Å². The fourth-order valence-electron chi connectivity index (χ4n) is 4.09. The van der Waals surface area contributed by atoms with E-state index in [0.717, 1.165) is 42.9 Å². The van der Waals surface area contributed by atoms with Gasteiger partial charge in [-0.05, 0) is 48.9 Å². The third kappa shape index (κ3) is 5.85. The van der Waals surface area contributed by atoms with Crippen LogP contribution in [0.2, 0.25) is 0 Å². The Morgan fingerprint density at radius 2 is 1.79 bits per heavy atom. The molecule has 2 atom stereocenters. The van der Waals surface area contributed by atoms with E-state index >= 15 is 0 Å². The standard InChI is InChI=1S/C24H20F6N4O3S/c25-12-23(27)10-20(34(13-23)38(36,37)18-5-2-16(26)3-6-18)21(35)7-4-17-9-19(33-14-32-17)15-1-8-22(31-11-15)24(28,29)30/h1-3,5-6,8-9,11,14,20H,4,7,10,12-13H2/t20-,23-/m0/s1. The number of Topliss-reactive ketones (excluding diaryl/α,β-unsaturated/α-hetero) is 1. The molecule has 0 spiro atoms. The summed E-state index contributed by atoms with van der Waals surface area (Å²) in [5.74, 6) is -1.38. The molecule has 1 fully saturated rings. The van der Waals surface area contributed by atoms with Gasteiger partial charge < -0.3 is 0 Å². The van der Waals surface area contributed by atoms with Crippen LogP contribution in [0.4, 0.5) is 26.3 Å². The van der Waals surface area contributed by atoms with Gasteiger partial charge in [0.05, 0.1) is 23.2 Å². The molecule has 1 aliphatic heterocycles. The Balaban J connectivity index is 1.51. The van der Waals surface area contributed by atoms with E-state index in [1.54, 1.807) is 0 Å². The van der Waals surface area contributed by atoms with E-state index in [4.69, 9.17) is 0 Å². The second kappa shape index (κ2) is 10.4. The van der Waals surface area contributed by atoms with Crippen molar-refractivity contribution in [2.75, 3.05) is 13.2 Å². The Hall–Kier alpha value is -3.39. The first-order valence-electron chi connectivity index (χ1n) is 11.2. The number of sulfonamides is 1. The molecule has 2 aromatic heterocycles. The summed E-state index contributed by atoms with van der Waals surface area (Å²) in [7, 11) is -4.44. The van der Waals surface area contributed by atoms with Crippen molar-refractivity contribution in [1.29, 1.82) is 0 Å². The molecule has 0 saturated carbocycles. The Morgan fingerprint density at radius 3 is 2.39 bits per heavy atom. The predicted molar refractivity (Wildman–Crippen MR) is 122 cm³/mol. The van der Waals surface area contributed by atoms with Gasteiger partial charge in [-0.1, -0.05) is 0 Å². The average Bonchev–Trinajstić information content (AvgIpc) is 3.26. The lowest BCUT2D eigenvalue weighted by atomic mass is 9.99. The maximum atomic E-state index is 14.9. The molecule has 3 heterocycles. The van der Waals surface area contributed by atoms with E-state index in [0.29, 0.717) is 10.00 Å². The van der Waals surface area contributed by atoms with Gasteiger partial charge in [0.2, 0.25) is 10.0 Å². The number of rotatable bonds is 8. The van der Waals surface area contributed by atoms with Gasteiger partial charge in [-0.15, -0.1) is 0 Å². The van der Waals surface area contributed by atoms with Gasteiger partial charge in [-0.3, -0.25) is 9.78 Å². The molecule has 0 unspecified atom stereocenters. The summed E-state index contributed by atoms with van der Waals surface area (Å²) in [4.78, 5) is 24.1. The molecule has 3 aromatic rings. The van der Waals surface area contributed by atoms with Gasteiger partial charge >= 0.3 is 6.18 Å². The third-order valence-electron chi connectivity index (χ3n) is 6.08. The number of aromatic nitrogens is 3. The minimum Gasteiger partial charge on any atom is -0.298 e. The quantitative estimate of drug-likeness (QED) is 0.382. The van der Waals surface area contributed by atoms with E-state index in [1.807, 2.05) is 0 Å². The third-order valence-corrected chi connectivity index (χ3v) is 7.95. The summed E-state index contributed by atoms with van der Waals surface area (Å²) in [6, 6.07) is 5.66. The van der Waals surface area contributed by atoms with Crippen LogP contribution in [0.25, 0.3) is 11.3 Å². The predicted octanol–water partition coefficient (Wildman–Crippen LogP) is 4.34. The number of alkyl halides is 5. The number of pyridine rings is 1. The molecule has 4 rings (SSSR count). The van der Waals surface area contributed by atoms with Crippen LogP contribution >= 0.6 is 0 Å². The number of halogens is 6.